The normalized spacial score (nSPS) is 12.2. The number of hydrogen-bond donors (Lipinski definition) is 0. The van der Waals surface area contributed by atoms with Gasteiger partial charge in [-0.25, -0.2) is 13.5 Å². The molecule has 5 rings (SSSR count). The number of aromatic nitrogens is 3. The van der Waals surface area contributed by atoms with Crippen molar-refractivity contribution in [3.8, 4) is 45.6 Å². The molecule has 0 spiro atoms. The molecule has 1 aliphatic heterocycles. The highest BCUT2D eigenvalue weighted by Crippen LogP contribution is 2.46. The fraction of sp³-hybridized carbons (Fsp3) is 0.241. The minimum Gasteiger partial charge on any atom is -0.496 e. The second-order valence-corrected chi connectivity index (χ2v) is 10.2. The van der Waals surface area contributed by atoms with Gasteiger partial charge in [-0.1, -0.05) is 0 Å². The first-order valence-electron chi connectivity index (χ1n) is 12.1. The lowest BCUT2D eigenvalue weighted by molar-refractivity contribution is 0.0646. The second kappa shape index (κ2) is 9.51. The van der Waals surface area contributed by atoms with E-state index < -0.39 is 17.2 Å². The van der Waals surface area contributed by atoms with Gasteiger partial charge in [0.15, 0.2) is 5.69 Å². The van der Waals surface area contributed by atoms with Crippen LogP contribution < -0.4 is 9.47 Å². The Morgan fingerprint density at radius 2 is 1.82 bits per heavy atom. The summed E-state index contributed by atoms with van der Waals surface area (Å²) in [6.07, 6.45) is 3.05. The fourth-order valence-corrected chi connectivity index (χ4v) is 4.41. The molecular formula is C29H25F2N5O3. The zero-order chi connectivity index (χ0) is 28.1. The number of amides is 1. The molecule has 0 N–H and O–H groups in total. The van der Waals surface area contributed by atoms with Crippen LogP contribution in [0.5, 0.6) is 11.5 Å². The zero-order valence-electron chi connectivity index (χ0n) is 22.0. The SMILES string of the molecule is COc1cc2c(cc1-c1cncc(C#N)c1)-c1c(c(C(=O)N(C)C(C)(C)C)nn1-c1cc(F)cc(F)c1)CO2. The van der Waals surface area contributed by atoms with Gasteiger partial charge >= 0.3 is 0 Å². The first-order valence-corrected chi connectivity index (χ1v) is 12.1. The molecule has 2 aromatic heterocycles. The van der Waals surface area contributed by atoms with Crippen LogP contribution in [-0.4, -0.2) is 45.3 Å². The lowest BCUT2D eigenvalue weighted by Crippen LogP contribution is -2.43. The molecule has 8 nitrogen and oxygen atoms in total. The first kappa shape index (κ1) is 25.9. The molecule has 0 fully saturated rings. The number of benzene rings is 2. The van der Waals surface area contributed by atoms with E-state index in [4.69, 9.17) is 9.47 Å². The third kappa shape index (κ3) is 4.56. The van der Waals surface area contributed by atoms with Crippen LogP contribution in [0.15, 0.2) is 48.8 Å². The molecule has 198 valence electrons. The summed E-state index contributed by atoms with van der Waals surface area (Å²) in [6.45, 7) is 5.69. The summed E-state index contributed by atoms with van der Waals surface area (Å²) in [6, 6.07) is 10.3. The van der Waals surface area contributed by atoms with E-state index in [9.17, 15) is 18.8 Å². The number of carbonyl (C=O) groups excluding carboxylic acids is 1. The van der Waals surface area contributed by atoms with Gasteiger partial charge in [0, 0.05) is 59.4 Å². The Kier molecular flexibility index (Phi) is 6.30. The van der Waals surface area contributed by atoms with Crippen LogP contribution in [0.2, 0.25) is 0 Å². The Morgan fingerprint density at radius 1 is 1.10 bits per heavy atom. The zero-order valence-corrected chi connectivity index (χ0v) is 22.0. The van der Waals surface area contributed by atoms with Crippen molar-refractivity contribution in [1.29, 1.82) is 5.26 Å². The maximum atomic E-state index is 14.3. The minimum atomic E-state index is -0.781. The lowest BCUT2D eigenvalue weighted by atomic mass is 9.95. The number of fused-ring (bicyclic) bond motifs is 3. The van der Waals surface area contributed by atoms with Gasteiger partial charge in [-0.3, -0.25) is 9.78 Å². The third-order valence-corrected chi connectivity index (χ3v) is 6.70. The molecule has 0 atom stereocenters. The molecule has 1 aliphatic rings. The predicted octanol–water partition coefficient (Wildman–Crippen LogP) is 5.52. The monoisotopic (exact) mass is 529 g/mol. The molecule has 10 heteroatoms. The highest BCUT2D eigenvalue weighted by molar-refractivity contribution is 5.97. The van der Waals surface area contributed by atoms with Gasteiger partial charge in [0.25, 0.3) is 5.91 Å². The van der Waals surface area contributed by atoms with Gasteiger partial charge in [-0.05, 0) is 45.0 Å². The van der Waals surface area contributed by atoms with E-state index in [-0.39, 0.29) is 23.9 Å². The Balaban J connectivity index is 1.80. The average Bonchev–Trinajstić information content (AvgIpc) is 3.30. The molecule has 4 aromatic rings. The van der Waals surface area contributed by atoms with E-state index in [1.165, 1.54) is 18.0 Å². The quantitative estimate of drug-likeness (QED) is 0.346. The maximum Gasteiger partial charge on any atom is 0.274 e. The van der Waals surface area contributed by atoms with Crippen LogP contribution in [-0.2, 0) is 6.61 Å². The standard InChI is InChI=1S/C29H25F2N5O3/c1-29(2,3)35(4)28(37)26-23-15-39-25-11-24(38-5)21(17-6-16(12-32)13-33-14-17)10-22(25)27(23)36(34-26)20-8-18(30)7-19(31)9-20/h6-11,13-14H,15H2,1-5H3. The number of carbonyl (C=O) groups is 1. The van der Waals surface area contributed by atoms with E-state index >= 15 is 0 Å². The molecule has 2 aromatic carbocycles. The molecule has 0 unspecified atom stereocenters. The summed E-state index contributed by atoms with van der Waals surface area (Å²) in [5.74, 6) is -1.01. The minimum absolute atomic E-state index is 0.00710. The summed E-state index contributed by atoms with van der Waals surface area (Å²) in [4.78, 5) is 19.3. The lowest BCUT2D eigenvalue weighted by Gasteiger charge is -2.31. The molecule has 39 heavy (non-hydrogen) atoms. The Morgan fingerprint density at radius 3 is 2.46 bits per heavy atom. The van der Waals surface area contributed by atoms with Crippen molar-refractivity contribution in [2.24, 2.45) is 0 Å². The predicted molar refractivity (Wildman–Crippen MR) is 140 cm³/mol. The maximum absolute atomic E-state index is 14.3. The highest BCUT2D eigenvalue weighted by Gasteiger charge is 2.34. The smallest absolute Gasteiger partial charge is 0.274 e. The number of halogens is 2. The van der Waals surface area contributed by atoms with Gasteiger partial charge in [-0.15, -0.1) is 0 Å². The van der Waals surface area contributed by atoms with Gasteiger partial charge in [0.2, 0.25) is 0 Å². The van der Waals surface area contributed by atoms with Crippen LogP contribution in [0.3, 0.4) is 0 Å². The number of hydrogen-bond acceptors (Lipinski definition) is 6. The molecule has 0 aliphatic carbocycles. The van der Waals surface area contributed by atoms with Gasteiger partial charge in [-0.2, -0.15) is 10.4 Å². The Labute approximate surface area is 224 Å². The number of ether oxygens (including phenoxy) is 2. The van der Waals surface area contributed by atoms with E-state index in [0.717, 1.165) is 18.2 Å². The third-order valence-electron chi connectivity index (χ3n) is 6.70. The Hall–Kier alpha value is -4.78. The summed E-state index contributed by atoms with van der Waals surface area (Å²) in [7, 11) is 3.19. The summed E-state index contributed by atoms with van der Waals surface area (Å²) in [5.41, 5.74) is 2.77. The van der Waals surface area contributed by atoms with Crippen molar-refractivity contribution in [2.45, 2.75) is 32.9 Å². The number of methoxy groups -OCH3 is 1. The average molecular weight is 530 g/mol. The summed E-state index contributed by atoms with van der Waals surface area (Å²) >= 11 is 0. The van der Waals surface area contributed by atoms with E-state index in [0.29, 0.717) is 45.0 Å². The van der Waals surface area contributed by atoms with Crippen LogP contribution >= 0.6 is 0 Å². The number of nitrogens with zero attached hydrogens (tertiary/aromatic N) is 5. The van der Waals surface area contributed by atoms with Crippen molar-refractivity contribution < 1.29 is 23.0 Å². The molecule has 0 saturated heterocycles. The number of rotatable bonds is 4. The number of nitriles is 1. The van der Waals surface area contributed by atoms with Crippen molar-refractivity contribution in [1.82, 2.24) is 19.7 Å². The number of pyridine rings is 1. The van der Waals surface area contributed by atoms with Gasteiger partial charge < -0.3 is 14.4 Å². The van der Waals surface area contributed by atoms with Crippen LogP contribution in [0, 0.1) is 23.0 Å². The first-order chi connectivity index (χ1) is 18.5. The van der Waals surface area contributed by atoms with Gasteiger partial charge in [0.05, 0.1) is 24.1 Å². The highest BCUT2D eigenvalue weighted by atomic mass is 19.1. The van der Waals surface area contributed by atoms with Crippen molar-refractivity contribution in [2.75, 3.05) is 14.2 Å². The molecular weight excluding hydrogens is 504 g/mol. The largest absolute Gasteiger partial charge is 0.496 e. The molecule has 3 heterocycles. The molecule has 0 bridgehead atoms. The summed E-state index contributed by atoms with van der Waals surface area (Å²) < 4.78 is 41.7. The fourth-order valence-electron chi connectivity index (χ4n) is 4.41. The molecule has 0 saturated carbocycles. The van der Waals surface area contributed by atoms with E-state index in [1.54, 1.807) is 36.3 Å². The van der Waals surface area contributed by atoms with Crippen LogP contribution in [0.4, 0.5) is 8.78 Å². The van der Waals surface area contributed by atoms with E-state index in [2.05, 4.69) is 16.2 Å². The Bertz CT molecular complexity index is 1650. The van der Waals surface area contributed by atoms with Gasteiger partial charge in [0.1, 0.15) is 35.8 Å². The topological polar surface area (TPSA) is 93.3 Å². The molecule has 0 radical (unpaired) electrons. The van der Waals surface area contributed by atoms with Crippen molar-refractivity contribution in [3.05, 3.63) is 77.2 Å². The van der Waals surface area contributed by atoms with E-state index in [1.807, 2.05) is 20.8 Å². The molecule has 1 amide bonds. The summed E-state index contributed by atoms with van der Waals surface area (Å²) in [5, 5.41) is 13.9. The second-order valence-electron chi connectivity index (χ2n) is 10.2. The van der Waals surface area contributed by atoms with Crippen LogP contribution in [0.25, 0.3) is 28.1 Å². The van der Waals surface area contributed by atoms with Crippen LogP contribution in [0.1, 0.15) is 42.4 Å². The van der Waals surface area contributed by atoms with Crippen molar-refractivity contribution in [3.63, 3.8) is 0 Å². The van der Waals surface area contributed by atoms with Crippen molar-refractivity contribution >= 4 is 5.91 Å².